The molecule has 0 spiro atoms. The lowest BCUT2D eigenvalue weighted by Crippen LogP contribution is -2.28. The molecular weight excluding hydrogens is 441 g/mol. The van der Waals surface area contributed by atoms with E-state index in [2.05, 4.69) is 9.28 Å². The molecule has 154 valence electrons. The van der Waals surface area contributed by atoms with Crippen LogP contribution in [-0.4, -0.2) is 36.6 Å². The Labute approximate surface area is 166 Å². The van der Waals surface area contributed by atoms with Gasteiger partial charge in [0.05, 0.1) is 5.71 Å². The van der Waals surface area contributed by atoms with Gasteiger partial charge < -0.3 is 9.29 Å². The molecule has 0 saturated carbocycles. The van der Waals surface area contributed by atoms with E-state index >= 15 is 0 Å². The summed E-state index contributed by atoms with van der Waals surface area (Å²) in [6.07, 6.45) is 0. The number of hydrogen-bond acceptors (Lipinski definition) is 6. The lowest BCUT2D eigenvalue weighted by atomic mass is 10.0. The molecule has 0 saturated heterocycles. The zero-order valence-corrected chi connectivity index (χ0v) is 15.5. The average molecular weight is 451 g/mol. The Morgan fingerprint density at radius 1 is 1.00 bits per heavy atom. The molecule has 0 radical (unpaired) electrons. The minimum atomic E-state index is -5.84. The monoisotopic (exact) mass is 450 g/mol. The van der Waals surface area contributed by atoms with Gasteiger partial charge in [0.25, 0.3) is 0 Å². The molecule has 0 aliphatic carbocycles. The number of halogens is 4. The number of carboxylic acid groups (broad SMARTS) is 1. The van der Waals surface area contributed by atoms with Gasteiger partial charge >= 0.3 is 27.5 Å². The van der Waals surface area contributed by atoms with Gasteiger partial charge in [-0.05, 0) is 36.4 Å². The number of carbonyl (C=O) groups is 2. The average Bonchev–Trinajstić information content (AvgIpc) is 2.63. The number of carbonyl (C=O) groups excluding carboxylic acids is 1. The van der Waals surface area contributed by atoms with E-state index < -0.39 is 33.3 Å². The van der Waals surface area contributed by atoms with Crippen molar-refractivity contribution in [3.63, 3.8) is 0 Å². The molecule has 2 aromatic carbocycles. The number of alkyl halides is 3. The van der Waals surface area contributed by atoms with Crippen molar-refractivity contribution in [3.8, 4) is 5.75 Å². The first kappa shape index (κ1) is 22.2. The molecule has 2 aromatic rings. The van der Waals surface area contributed by atoms with Crippen LogP contribution in [0.1, 0.15) is 11.1 Å². The van der Waals surface area contributed by atoms with Crippen LogP contribution >= 0.6 is 11.6 Å². The van der Waals surface area contributed by atoms with Gasteiger partial charge in [0.1, 0.15) is 5.75 Å². The fourth-order valence-electron chi connectivity index (χ4n) is 1.90. The van der Waals surface area contributed by atoms with Crippen molar-refractivity contribution >= 4 is 39.3 Å². The summed E-state index contributed by atoms with van der Waals surface area (Å²) >= 11 is 5.80. The predicted octanol–water partition coefficient (Wildman–Crippen LogP) is 2.52. The summed E-state index contributed by atoms with van der Waals surface area (Å²) in [6.45, 7) is 0. The van der Waals surface area contributed by atoms with E-state index in [4.69, 9.17) is 16.7 Å². The first-order chi connectivity index (χ1) is 13.4. The number of hydrogen-bond donors (Lipinski definition) is 2. The maximum absolute atomic E-state index is 12.4. The lowest BCUT2D eigenvalue weighted by Gasteiger charge is -2.11. The minimum absolute atomic E-state index is 0.0292. The highest BCUT2D eigenvalue weighted by Crippen LogP contribution is 2.27. The normalized spacial score (nSPS) is 12.3. The van der Waals surface area contributed by atoms with Crippen LogP contribution in [0.25, 0.3) is 0 Å². The molecule has 0 unspecified atom stereocenters. The number of carboxylic acids is 1. The summed E-state index contributed by atoms with van der Waals surface area (Å²) < 4.78 is 63.3. The van der Waals surface area contributed by atoms with Crippen molar-refractivity contribution in [2.45, 2.75) is 5.51 Å². The second-order valence-corrected chi connectivity index (χ2v) is 7.20. The second-order valence-electron chi connectivity index (χ2n) is 5.22. The van der Waals surface area contributed by atoms with Gasteiger partial charge in [-0.1, -0.05) is 23.7 Å². The standard InChI is InChI=1S/C16H10ClF3N2O6S/c17-11-5-1-9(2-6-11)13(21-22-14(23)15(24)25)10-3-7-12(8-4-10)28-29(26,27)16(18,19)20/h1-8H,(H,22,23)(H,24,25). The van der Waals surface area contributed by atoms with E-state index in [0.29, 0.717) is 10.6 Å². The van der Waals surface area contributed by atoms with Crippen molar-refractivity contribution in [1.29, 1.82) is 0 Å². The fraction of sp³-hybridized carbons (Fsp3) is 0.0625. The number of amides is 1. The zero-order chi connectivity index (χ0) is 21.8. The van der Waals surface area contributed by atoms with Gasteiger partial charge in [0.15, 0.2) is 0 Å². The van der Waals surface area contributed by atoms with E-state index in [1.54, 1.807) is 0 Å². The van der Waals surface area contributed by atoms with E-state index in [0.717, 1.165) is 12.1 Å². The van der Waals surface area contributed by atoms with Crippen LogP contribution in [0.15, 0.2) is 53.6 Å². The van der Waals surface area contributed by atoms with Gasteiger partial charge in [-0.15, -0.1) is 0 Å². The van der Waals surface area contributed by atoms with Crippen molar-refractivity contribution in [2.24, 2.45) is 5.10 Å². The lowest BCUT2D eigenvalue weighted by molar-refractivity contribution is -0.150. The summed E-state index contributed by atoms with van der Waals surface area (Å²) in [5.74, 6) is -3.82. The number of hydrazone groups is 1. The second kappa shape index (κ2) is 8.49. The molecule has 0 aromatic heterocycles. The Morgan fingerprint density at radius 3 is 1.93 bits per heavy atom. The number of aliphatic carboxylic acids is 1. The van der Waals surface area contributed by atoms with Crippen LogP contribution in [0.2, 0.25) is 5.02 Å². The molecule has 2 rings (SSSR count). The first-order valence-electron chi connectivity index (χ1n) is 7.39. The molecule has 29 heavy (non-hydrogen) atoms. The van der Waals surface area contributed by atoms with E-state index in [9.17, 15) is 31.2 Å². The van der Waals surface area contributed by atoms with E-state index in [1.807, 2.05) is 5.43 Å². The molecular formula is C16H10ClF3N2O6S. The topological polar surface area (TPSA) is 122 Å². The van der Waals surface area contributed by atoms with Crippen molar-refractivity contribution in [3.05, 3.63) is 64.7 Å². The van der Waals surface area contributed by atoms with Gasteiger partial charge in [-0.25, -0.2) is 10.2 Å². The zero-order valence-electron chi connectivity index (χ0n) is 14.0. The first-order valence-corrected chi connectivity index (χ1v) is 9.17. The Kier molecular flexibility index (Phi) is 6.49. The summed E-state index contributed by atoms with van der Waals surface area (Å²) in [7, 11) is -5.84. The van der Waals surface area contributed by atoms with Crippen LogP contribution in [0.4, 0.5) is 13.2 Å². The third-order valence-corrected chi connectivity index (χ3v) is 4.43. The quantitative estimate of drug-likeness (QED) is 0.237. The molecule has 0 heterocycles. The minimum Gasteiger partial charge on any atom is -0.474 e. The molecule has 8 nitrogen and oxygen atoms in total. The van der Waals surface area contributed by atoms with Crippen molar-refractivity contribution < 1.29 is 40.5 Å². The predicted molar refractivity (Wildman–Crippen MR) is 94.9 cm³/mol. The van der Waals surface area contributed by atoms with Crippen LogP contribution in [0, 0.1) is 0 Å². The van der Waals surface area contributed by atoms with E-state index in [1.165, 1.54) is 36.4 Å². The Balaban J connectivity index is 2.38. The molecule has 0 atom stereocenters. The highest BCUT2D eigenvalue weighted by Gasteiger charge is 2.48. The summed E-state index contributed by atoms with van der Waals surface area (Å²) in [4.78, 5) is 21.9. The molecule has 0 bridgehead atoms. The summed E-state index contributed by atoms with van der Waals surface area (Å²) in [5.41, 5.74) is -3.18. The summed E-state index contributed by atoms with van der Waals surface area (Å²) in [6, 6.07) is 10.2. The molecule has 0 aliphatic heterocycles. The summed E-state index contributed by atoms with van der Waals surface area (Å²) in [5, 5.41) is 12.7. The number of nitrogens with one attached hydrogen (secondary N) is 1. The maximum Gasteiger partial charge on any atom is 0.534 e. The van der Waals surface area contributed by atoms with Crippen molar-refractivity contribution in [2.75, 3.05) is 0 Å². The largest absolute Gasteiger partial charge is 0.534 e. The van der Waals surface area contributed by atoms with E-state index in [-0.39, 0.29) is 11.3 Å². The van der Waals surface area contributed by atoms with Crippen LogP contribution in [-0.2, 0) is 19.7 Å². The molecule has 0 aliphatic rings. The number of rotatable bonds is 5. The molecule has 1 amide bonds. The van der Waals surface area contributed by atoms with Crippen LogP contribution in [0.3, 0.4) is 0 Å². The van der Waals surface area contributed by atoms with Gasteiger partial charge in [-0.3, -0.25) is 4.79 Å². The SMILES string of the molecule is O=C(O)C(=O)NN=C(c1ccc(Cl)cc1)c1ccc(OS(=O)(=O)C(F)(F)F)cc1. The molecule has 0 fully saturated rings. The van der Waals surface area contributed by atoms with Crippen LogP contribution < -0.4 is 9.61 Å². The molecule has 13 heteroatoms. The highest BCUT2D eigenvalue weighted by atomic mass is 35.5. The van der Waals surface area contributed by atoms with Gasteiger partial charge in [-0.2, -0.15) is 26.7 Å². The fourth-order valence-corrected chi connectivity index (χ4v) is 2.49. The smallest absolute Gasteiger partial charge is 0.474 e. The Bertz CT molecular complexity index is 1050. The maximum atomic E-state index is 12.4. The van der Waals surface area contributed by atoms with Gasteiger partial charge in [0, 0.05) is 16.1 Å². The van der Waals surface area contributed by atoms with Crippen LogP contribution in [0.5, 0.6) is 5.75 Å². The third kappa shape index (κ3) is 5.68. The third-order valence-electron chi connectivity index (χ3n) is 3.20. The molecule has 2 N–H and O–H groups in total. The Morgan fingerprint density at radius 2 is 1.48 bits per heavy atom. The van der Waals surface area contributed by atoms with Crippen molar-refractivity contribution in [1.82, 2.24) is 5.43 Å². The number of nitrogens with zero attached hydrogens (tertiary/aromatic N) is 1. The van der Waals surface area contributed by atoms with Gasteiger partial charge in [0.2, 0.25) is 0 Å². The Hall–Kier alpha value is -3.12. The number of benzene rings is 2. The highest BCUT2D eigenvalue weighted by molar-refractivity contribution is 7.88.